The van der Waals surface area contributed by atoms with E-state index in [4.69, 9.17) is 42.8 Å². The van der Waals surface area contributed by atoms with Crippen molar-refractivity contribution in [3.63, 3.8) is 0 Å². The molecule has 2 heterocycles. The summed E-state index contributed by atoms with van der Waals surface area (Å²) in [4.78, 5) is 17.0. The first-order valence-corrected chi connectivity index (χ1v) is 13.4. The van der Waals surface area contributed by atoms with Crippen molar-refractivity contribution >= 4 is 46.7 Å². The number of rotatable bonds is 8. The average molecular weight is 547 g/mol. The number of esters is 1. The molecule has 0 unspecified atom stereocenters. The molecule has 5 atom stereocenters. The minimum absolute atomic E-state index is 0.174. The molecule has 0 saturated carbocycles. The lowest BCUT2D eigenvalue weighted by atomic mass is 9.99. The third-order valence-corrected chi connectivity index (χ3v) is 7.22. The van der Waals surface area contributed by atoms with Gasteiger partial charge in [0.1, 0.15) is 17.9 Å². The van der Waals surface area contributed by atoms with Crippen molar-refractivity contribution in [1.29, 1.82) is 0 Å². The zero-order valence-corrected chi connectivity index (χ0v) is 22.2. The van der Waals surface area contributed by atoms with Gasteiger partial charge < -0.3 is 18.9 Å². The van der Waals surface area contributed by atoms with Gasteiger partial charge in [-0.15, -0.1) is 11.8 Å². The van der Waals surface area contributed by atoms with Gasteiger partial charge in [-0.1, -0.05) is 48.9 Å². The van der Waals surface area contributed by atoms with Crippen LogP contribution in [-0.2, 0) is 25.6 Å². The molecule has 1 aromatic heterocycles. The summed E-state index contributed by atoms with van der Waals surface area (Å²) >= 11 is 13.2. The van der Waals surface area contributed by atoms with E-state index >= 15 is 0 Å². The fraction of sp³-hybridized carbons (Fsp3) is 0.346. The van der Waals surface area contributed by atoms with Gasteiger partial charge in [0.2, 0.25) is 0 Å². The smallest absolute Gasteiger partial charge is 0.338 e. The molecular weight excluding hydrogens is 520 g/mol. The summed E-state index contributed by atoms with van der Waals surface area (Å²) in [6.45, 7) is 4.19. The highest BCUT2D eigenvalue weighted by Gasteiger charge is 2.49. The van der Waals surface area contributed by atoms with Crippen LogP contribution >= 0.6 is 35.6 Å². The lowest BCUT2D eigenvalue weighted by Crippen LogP contribution is -2.59. The second kappa shape index (κ2) is 12.7. The highest BCUT2D eigenvalue weighted by Crippen LogP contribution is 2.34. The predicted molar refractivity (Wildman–Crippen MR) is 143 cm³/mol. The molecule has 2 aromatic carbocycles. The summed E-state index contributed by atoms with van der Waals surface area (Å²) in [5.74, 6) is 0.321. The number of imidazole rings is 1. The molecule has 36 heavy (non-hydrogen) atoms. The quantitative estimate of drug-likeness (QED) is 0.276. The molecule has 0 radical (unpaired) electrons. The molecule has 0 bridgehead atoms. The standard InChI is InChI=1S/C26H27ClN2O5S2/c1-3-36-25-23(31-15-18-9-11-20(27)12-10-18)22(34-26(35)29-14-13-28-16-29)21(17(2)32-25)33-24(30)19-7-5-4-6-8-19/h4-14,16-17,21-23,25H,3,15H2,1-2H3/t17-,21+,22+,23-,25+/m0/s1. The number of halogens is 1. The van der Waals surface area contributed by atoms with E-state index in [-0.39, 0.29) is 17.2 Å². The Morgan fingerprint density at radius 3 is 2.53 bits per heavy atom. The number of ether oxygens (including phenoxy) is 4. The van der Waals surface area contributed by atoms with E-state index in [1.165, 1.54) is 0 Å². The zero-order valence-electron chi connectivity index (χ0n) is 19.9. The number of thiocarbonyl (C=S) groups is 1. The monoisotopic (exact) mass is 546 g/mol. The van der Waals surface area contributed by atoms with Crippen LogP contribution in [0.4, 0.5) is 0 Å². The van der Waals surface area contributed by atoms with Crippen LogP contribution < -0.4 is 0 Å². The van der Waals surface area contributed by atoms with Gasteiger partial charge in [0.05, 0.1) is 18.3 Å². The lowest BCUT2D eigenvalue weighted by molar-refractivity contribution is -0.206. The van der Waals surface area contributed by atoms with Gasteiger partial charge in [-0.05, 0) is 54.7 Å². The number of nitrogens with zero attached hydrogens (tertiary/aromatic N) is 2. The molecule has 1 fully saturated rings. The van der Waals surface area contributed by atoms with Gasteiger partial charge in [-0.25, -0.2) is 9.78 Å². The predicted octanol–water partition coefficient (Wildman–Crippen LogP) is 5.36. The Kier molecular flexibility index (Phi) is 9.39. The molecule has 0 N–H and O–H groups in total. The van der Waals surface area contributed by atoms with E-state index in [2.05, 4.69) is 4.98 Å². The minimum Gasteiger partial charge on any atom is -0.460 e. The maximum Gasteiger partial charge on any atom is 0.338 e. The summed E-state index contributed by atoms with van der Waals surface area (Å²) in [6.07, 6.45) is 2.30. The van der Waals surface area contributed by atoms with E-state index < -0.39 is 30.4 Å². The summed E-state index contributed by atoms with van der Waals surface area (Å²) in [5, 5.41) is 0.820. The van der Waals surface area contributed by atoms with Crippen LogP contribution in [0.5, 0.6) is 0 Å². The molecule has 1 aliphatic rings. The second-order valence-electron chi connectivity index (χ2n) is 8.12. The van der Waals surface area contributed by atoms with Crippen molar-refractivity contribution in [1.82, 2.24) is 9.55 Å². The third-order valence-electron chi connectivity index (χ3n) is 5.62. The van der Waals surface area contributed by atoms with Gasteiger partial charge in [-0.3, -0.25) is 4.57 Å². The summed E-state index contributed by atoms with van der Waals surface area (Å²) < 4.78 is 26.5. The van der Waals surface area contributed by atoms with Crippen molar-refractivity contribution in [2.75, 3.05) is 5.75 Å². The molecule has 1 saturated heterocycles. The highest BCUT2D eigenvalue weighted by atomic mass is 35.5. The molecule has 190 valence electrons. The molecule has 1 aliphatic heterocycles. The molecule has 0 aliphatic carbocycles. The SMILES string of the molecule is CCS[C@H]1O[C@@H](C)[C@@H](OC(=O)c2ccccc2)[C@@H](OC(=S)n2ccnc2)[C@@H]1OCc1ccc(Cl)cc1. The number of carbonyl (C=O) groups is 1. The van der Waals surface area contributed by atoms with Gasteiger partial charge in [0.15, 0.2) is 12.2 Å². The Hall–Kier alpha value is -2.43. The van der Waals surface area contributed by atoms with Crippen molar-refractivity contribution in [2.24, 2.45) is 0 Å². The van der Waals surface area contributed by atoms with Crippen molar-refractivity contribution < 1.29 is 23.7 Å². The van der Waals surface area contributed by atoms with Gasteiger partial charge in [0.25, 0.3) is 5.17 Å². The zero-order chi connectivity index (χ0) is 25.5. The highest BCUT2D eigenvalue weighted by molar-refractivity contribution is 7.99. The van der Waals surface area contributed by atoms with Crippen LogP contribution in [0.15, 0.2) is 73.3 Å². The minimum atomic E-state index is -0.775. The van der Waals surface area contributed by atoms with E-state index in [1.807, 2.05) is 44.2 Å². The first kappa shape index (κ1) is 26.6. The number of aromatic nitrogens is 2. The Morgan fingerprint density at radius 2 is 1.86 bits per heavy atom. The number of hydrogen-bond donors (Lipinski definition) is 0. The van der Waals surface area contributed by atoms with E-state index in [1.54, 1.807) is 59.3 Å². The molecule has 0 amide bonds. The summed E-state index contributed by atoms with van der Waals surface area (Å²) in [7, 11) is 0. The fourth-order valence-electron chi connectivity index (χ4n) is 3.83. The van der Waals surface area contributed by atoms with Crippen LogP contribution in [0, 0.1) is 0 Å². The number of carbonyl (C=O) groups excluding carboxylic acids is 1. The van der Waals surface area contributed by atoms with Gasteiger partial charge in [-0.2, -0.15) is 0 Å². The van der Waals surface area contributed by atoms with Gasteiger partial charge in [0, 0.05) is 17.4 Å². The molecule has 4 rings (SSSR count). The molecular formula is C26H27ClN2O5S2. The first-order valence-electron chi connectivity index (χ1n) is 11.5. The maximum atomic E-state index is 13.0. The van der Waals surface area contributed by atoms with Crippen molar-refractivity contribution in [3.05, 3.63) is 89.5 Å². The Bertz CT molecular complexity index is 1130. The summed E-state index contributed by atoms with van der Waals surface area (Å²) in [6, 6.07) is 16.2. The Labute approximate surface area is 225 Å². The number of thioether (sulfide) groups is 1. The van der Waals surface area contributed by atoms with Crippen LogP contribution in [-0.4, -0.2) is 56.3 Å². The Balaban J connectivity index is 1.62. The largest absolute Gasteiger partial charge is 0.460 e. The third kappa shape index (κ3) is 6.66. The Morgan fingerprint density at radius 1 is 1.11 bits per heavy atom. The van der Waals surface area contributed by atoms with Crippen LogP contribution in [0.3, 0.4) is 0 Å². The van der Waals surface area contributed by atoms with Crippen molar-refractivity contribution in [3.8, 4) is 0 Å². The molecule has 0 spiro atoms. The van der Waals surface area contributed by atoms with E-state index in [0.717, 1.165) is 11.3 Å². The van der Waals surface area contributed by atoms with E-state index in [9.17, 15) is 4.79 Å². The van der Waals surface area contributed by atoms with Crippen molar-refractivity contribution in [2.45, 2.75) is 50.3 Å². The van der Waals surface area contributed by atoms with Crippen LogP contribution in [0.1, 0.15) is 29.8 Å². The van der Waals surface area contributed by atoms with E-state index in [0.29, 0.717) is 10.6 Å². The van der Waals surface area contributed by atoms with Gasteiger partial charge >= 0.3 is 5.97 Å². The van der Waals surface area contributed by atoms with Crippen LogP contribution in [0.25, 0.3) is 0 Å². The number of hydrogen-bond acceptors (Lipinski definition) is 8. The topological polar surface area (TPSA) is 71.8 Å². The molecule has 3 aromatic rings. The number of benzene rings is 2. The average Bonchev–Trinajstić information content (AvgIpc) is 3.43. The lowest BCUT2D eigenvalue weighted by Gasteiger charge is -2.44. The molecule has 10 heteroatoms. The first-order chi connectivity index (χ1) is 17.5. The maximum absolute atomic E-state index is 13.0. The molecule has 7 nitrogen and oxygen atoms in total. The second-order valence-corrected chi connectivity index (χ2v) is 10.3. The van der Waals surface area contributed by atoms with Crippen LogP contribution in [0.2, 0.25) is 5.02 Å². The fourth-order valence-corrected chi connectivity index (χ4v) is 5.18. The summed E-state index contributed by atoms with van der Waals surface area (Å²) in [5.41, 5.74) is 1.01. The normalized spacial score (nSPS) is 23.7.